The highest BCUT2D eigenvalue weighted by molar-refractivity contribution is 5.82. The number of ether oxygens (including phenoxy) is 1. The maximum absolute atomic E-state index is 10.7. The van der Waals surface area contributed by atoms with Crippen molar-refractivity contribution in [3.8, 4) is 0 Å². The van der Waals surface area contributed by atoms with Crippen LogP contribution >= 0.6 is 0 Å². The van der Waals surface area contributed by atoms with Crippen LogP contribution in [0.2, 0.25) is 0 Å². The SMILES string of the molecule is C=CC(=O)O[C@@H](C=O)[C@H](O)[C@@H](O)[C@H](O)CO. The summed E-state index contributed by atoms with van der Waals surface area (Å²) in [5.74, 6) is -0.957. The first-order valence-electron chi connectivity index (χ1n) is 4.41. The molecule has 0 amide bonds. The average molecular weight is 234 g/mol. The summed E-state index contributed by atoms with van der Waals surface area (Å²) in [6.45, 7) is 2.27. The smallest absolute Gasteiger partial charge is 0.330 e. The predicted molar refractivity (Wildman–Crippen MR) is 51.2 cm³/mol. The summed E-state index contributed by atoms with van der Waals surface area (Å²) in [7, 11) is 0. The molecule has 4 atom stereocenters. The molecule has 7 heteroatoms. The molecule has 0 heterocycles. The molecule has 0 aliphatic rings. The second kappa shape index (κ2) is 7.07. The lowest BCUT2D eigenvalue weighted by Crippen LogP contribution is -2.47. The molecule has 0 aromatic carbocycles. The minimum Gasteiger partial charge on any atom is -0.449 e. The number of aldehydes is 1. The number of aliphatic hydroxyl groups is 4. The lowest BCUT2D eigenvalue weighted by Gasteiger charge is -2.25. The second-order valence-corrected chi connectivity index (χ2v) is 2.97. The molecule has 4 N–H and O–H groups in total. The van der Waals surface area contributed by atoms with Crippen LogP contribution in [0.5, 0.6) is 0 Å². The van der Waals surface area contributed by atoms with Gasteiger partial charge in [-0.3, -0.25) is 4.79 Å². The minimum absolute atomic E-state index is 0.0966. The fourth-order valence-electron chi connectivity index (χ4n) is 0.890. The maximum Gasteiger partial charge on any atom is 0.330 e. The van der Waals surface area contributed by atoms with Gasteiger partial charge in [0, 0.05) is 6.08 Å². The average Bonchev–Trinajstić information content (AvgIpc) is 2.32. The maximum atomic E-state index is 10.7. The molecule has 92 valence electrons. The fraction of sp³-hybridized carbons (Fsp3) is 0.556. The van der Waals surface area contributed by atoms with Gasteiger partial charge in [-0.15, -0.1) is 0 Å². The number of carbonyl (C=O) groups is 2. The van der Waals surface area contributed by atoms with Crippen molar-refractivity contribution >= 4 is 12.3 Å². The van der Waals surface area contributed by atoms with Crippen molar-refractivity contribution in [1.29, 1.82) is 0 Å². The molecule has 0 saturated heterocycles. The number of carbonyl (C=O) groups excluding carboxylic acids is 2. The highest BCUT2D eigenvalue weighted by Gasteiger charge is 2.33. The molecule has 16 heavy (non-hydrogen) atoms. The van der Waals surface area contributed by atoms with E-state index in [2.05, 4.69) is 11.3 Å². The Morgan fingerprint density at radius 1 is 1.31 bits per heavy atom. The molecule has 0 aliphatic carbocycles. The summed E-state index contributed by atoms with van der Waals surface area (Å²) in [5, 5.41) is 36.1. The zero-order valence-corrected chi connectivity index (χ0v) is 8.39. The summed E-state index contributed by atoms with van der Waals surface area (Å²) in [6.07, 6.45) is -6.04. The van der Waals surface area contributed by atoms with Crippen LogP contribution in [0.3, 0.4) is 0 Å². The van der Waals surface area contributed by atoms with Crippen LogP contribution in [0.25, 0.3) is 0 Å². The normalized spacial score (nSPS) is 18.0. The van der Waals surface area contributed by atoms with Gasteiger partial charge in [0.15, 0.2) is 12.4 Å². The third-order valence-corrected chi connectivity index (χ3v) is 1.82. The zero-order valence-electron chi connectivity index (χ0n) is 8.39. The van der Waals surface area contributed by atoms with Crippen molar-refractivity contribution in [3.63, 3.8) is 0 Å². The molecule has 0 spiro atoms. The Kier molecular flexibility index (Phi) is 6.50. The number of hydrogen-bond acceptors (Lipinski definition) is 7. The monoisotopic (exact) mass is 234 g/mol. The minimum atomic E-state index is -1.83. The third-order valence-electron chi connectivity index (χ3n) is 1.82. The van der Waals surface area contributed by atoms with Crippen molar-refractivity contribution in [3.05, 3.63) is 12.7 Å². The first kappa shape index (κ1) is 14.7. The van der Waals surface area contributed by atoms with E-state index in [-0.39, 0.29) is 6.29 Å². The Labute approximate surface area is 91.6 Å². The van der Waals surface area contributed by atoms with Crippen LogP contribution < -0.4 is 0 Å². The summed E-state index contributed by atoms with van der Waals surface area (Å²) >= 11 is 0. The van der Waals surface area contributed by atoms with Gasteiger partial charge in [0.2, 0.25) is 0 Å². The Balaban J connectivity index is 4.51. The van der Waals surface area contributed by atoms with Crippen molar-refractivity contribution in [2.75, 3.05) is 6.61 Å². The molecular formula is C9H14O7. The van der Waals surface area contributed by atoms with Gasteiger partial charge in [0.1, 0.15) is 18.3 Å². The Hall–Kier alpha value is -1.28. The number of hydrogen-bond donors (Lipinski definition) is 4. The Bertz CT molecular complexity index is 252. The van der Waals surface area contributed by atoms with Gasteiger partial charge < -0.3 is 25.2 Å². The van der Waals surface area contributed by atoms with Gasteiger partial charge in [-0.25, -0.2) is 4.79 Å². The van der Waals surface area contributed by atoms with E-state index in [4.69, 9.17) is 10.2 Å². The van der Waals surface area contributed by atoms with E-state index in [9.17, 15) is 19.8 Å². The topological polar surface area (TPSA) is 124 Å². The fourth-order valence-corrected chi connectivity index (χ4v) is 0.890. The van der Waals surface area contributed by atoms with Crippen LogP contribution in [-0.4, -0.2) is 63.7 Å². The zero-order chi connectivity index (χ0) is 12.7. The number of aliphatic hydroxyl groups excluding tert-OH is 4. The predicted octanol–water partition coefficient (Wildman–Crippen LogP) is -2.64. The molecule has 0 aliphatic heterocycles. The van der Waals surface area contributed by atoms with E-state index in [1.54, 1.807) is 0 Å². The molecular weight excluding hydrogens is 220 g/mol. The summed E-state index contributed by atoms with van der Waals surface area (Å²) < 4.78 is 4.40. The van der Waals surface area contributed by atoms with E-state index >= 15 is 0 Å². The van der Waals surface area contributed by atoms with Crippen LogP contribution in [0, 0.1) is 0 Å². The Morgan fingerprint density at radius 3 is 2.25 bits per heavy atom. The summed E-state index contributed by atoms with van der Waals surface area (Å²) in [5.41, 5.74) is 0. The largest absolute Gasteiger partial charge is 0.449 e. The summed E-state index contributed by atoms with van der Waals surface area (Å²) in [4.78, 5) is 21.2. The quantitative estimate of drug-likeness (QED) is 0.215. The Morgan fingerprint density at radius 2 is 1.88 bits per heavy atom. The van der Waals surface area contributed by atoms with E-state index < -0.39 is 37.0 Å². The third kappa shape index (κ3) is 4.07. The van der Waals surface area contributed by atoms with Crippen molar-refractivity contribution in [2.24, 2.45) is 0 Å². The van der Waals surface area contributed by atoms with Crippen LogP contribution in [0.15, 0.2) is 12.7 Å². The first-order valence-corrected chi connectivity index (χ1v) is 4.41. The molecule has 0 aromatic rings. The van der Waals surface area contributed by atoms with E-state index in [1.165, 1.54) is 0 Å². The van der Waals surface area contributed by atoms with Crippen LogP contribution in [-0.2, 0) is 14.3 Å². The van der Waals surface area contributed by atoms with Gasteiger partial charge in [-0.2, -0.15) is 0 Å². The lowest BCUT2D eigenvalue weighted by molar-refractivity contribution is -0.163. The van der Waals surface area contributed by atoms with Gasteiger partial charge in [-0.1, -0.05) is 6.58 Å². The molecule has 0 saturated carbocycles. The number of esters is 1. The van der Waals surface area contributed by atoms with Gasteiger partial charge in [-0.05, 0) is 0 Å². The van der Waals surface area contributed by atoms with Gasteiger partial charge in [0.25, 0.3) is 0 Å². The molecule has 0 rings (SSSR count). The van der Waals surface area contributed by atoms with Gasteiger partial charge >= 0.3 is 5.97 Å². The number of rotatable bonds is 7. The van der Waals surface area contributed by atoms with Crippen molar-refractivity contribution < 1.29 is 34.8 Å². The van der Waals surface area contributed by atoms with Crippen molar-refractivity contribution in [1.82, 2.24) is 0 Å². The first-order chi connectivity index (χ1) is 7.47. The second-order valence-electron chi connectivity index (χ2n) is 2.97. The van der Waals surface area contributed by atoms with Crippen molar-refractivity contribution in [2.45, 2.75) is 24.4 Å². The van der Waals surface area contributed by atoms with Gasteiger partial charge in [0.05, 0.1) is 6.61 Å². The molecule has 0 radical (unpaired) electrons. The molecule has 0 aromatic heterocycles. The molecule has 0 fully saturated rings. The van der Waals surface area contributed by atoms with E-state index in [1.807, 2.05) is 0 Å². The molecule has 0 bridgehead atoms. The lowest BCUT2D eigenvalue weighted by atomic mass is 10.0. The summed E-state index contributed by atoms with van der Waals surface area (Å²) in [6, 6.07) is 0. The highest BCUT2D eigenvalue weighted by atomic mass is 16.6. The van der Waals surface area contributed by atoms with Crippen LogP contribution in [0.4, 0.5) is 0 Å². The molecule has 7 nitrogen and oxygen atoms in total. The van der Waals surface area contributed by atoms with Crippen LogP contribution in [0.1, 0.15) is 0 Å². The van der Waals surface area contributed by atoms with E-state index in [0.717, 1.165) is 6.08 Å². The highest BCUT2D eigenvalue weighted by Crippen LogP contribution is 2.07. The van der Waals surface area contributed by atoms with E-state index in [0.29, 0.717) is 0 Å². The standard InChI is InChI=1S/C9H14O7/c1-2-7(13)16-6(4-11)9(15)8(14)5(12)3-10/h2,4-6,8-10,12,14-15H,1,3H2/t5-,6+,8+,9+/m1/s1. The molecule has 0 unspecified atom stereocenters.